The fourth-order valence-corrected chi connectivity index (χ4v) is 3.99. The minimum absolute atomic E-state index is 0.205. The highest BCUT2D eigenvalue weighted by atomic mass is 35.5. The first kappa shape index (κ1) is 21.9. The van der Waals surface area contributed by atoms with Crippen molar-refractivity contribution in [2.24, 2.45) is 0 Å². The van der Waals surface area contributed by atoms with Gasteiger partial charge in [-0.25, -0.2) is 18.2 Å². The smallest absolute Gasteiger partial charge is 0.266 e. The van der Waals surface area contributed by atoms with Crippen molar-refractivity contribution in [1.29, 1.82) is 0 Å². The Kier molecular flexibility index (Phi) is 6.20. The molecule has 162 valence electrons. The highest BCUT2D eigenvalue weighted by Gasteiger charge is 2.18. The van der Waals surface area contributed by atoms with Gasteiger partial charge in [-0.15, -0.1) is 0 Å². The van der Waals surface area contributed by atoms with Crippen LogP contribution < -0.4 is 10.9 Å². The van der Waals surface area contributed by atoms with Crippen LogP contribution in [0.5, 0.6) is 0 Å². The van der Waals surface area contributed by atoms with E-state index in [2.05, 4.69) is 10.3 Å². The van der Waals surface area contributed by atoms with Gasteiger partial charge in [0.05, 0.1) is 28.0 Å². The highest BCUT2D eigenvalue weighted by molar-refractivity contribution is 7.99. The quantitative estimate of drug-likeness (QED) is 0.245. The van der Waals surface area contributed by atoms with E-state index in [4.69, 9.17) is 11.6 Å². The fourth-order valence-electron chi connectivity index (χ4n) is 2.99. The van der Waals surface area contributed by atoms with Crippen molar-refractivity contribution in [3.05, 3.63) is 93.5 Å². The Labute approximate surface area is 188 Å². The largest absolute Gasteiger partial charge is 0.323 e. The topological polar surface area (TPSA) is 64.0 Å². The number of anilines is 1. The van der Waals surface area contributed by atoms with Crippen molar-refractivity contribution >= 4 is 45.9 Å². The summed E-state index contributed by atoms with van der Waals surface area (Å²) in [5, 5.41) is 3.18. The van der Waals surface area contributed by atoms with Crippen molar-refractivity contribution in [2.45, 2.75) is 5.16 Å². The van der Waals surface area contributed by atoms with Crippen LogP contribution in [0.2, 0.25) is 5.02 Å². The number of nitrogens with one attached hydrogen (secondary N) is 1. The van der Waals surface area contributed by atoms with Crippen LogP contribution in [0.1, 0.15) is 0 Å². The molecule has 1 heterocycles. The number of para-hydroxylation sites is 1. The number of thioether (sulfide) groups is 1. The van der Waals surface area contributed by atoms with E-state index in [1.165, 1.54) is 4.57 Å². The van der Waals surface area contributed by atoms with Crippen molar-refractivity contribution in [3.8, 4) is 5.69 Å². The molecule has 32 heavy (non-hydrogen) atoms. The molecule has 0 aliphatic rings. The van der Waals surface area contributed by atoms with E-state index in [0.29, 0.717) is 27.7 Å². The Morgan fingerprint density at radius 3 is 2.59 bits per heavy atom. The van der Waals surface area contributed by atoms with Gasteiger partial charge in [0.2, 0.25) is 5.91 Å². The predicted molar refractivity (Wildman–Crippen MR) is 118 cm³/mol. The second-order valence-corrected chi connectivity index (χ2v) is 7.97. The van der Waals surface area contributed by atoms with E-state index >= 15 is 0 Å². The third-order valence-electron chi connectivity index (χ3n) is 4.45. The molecule has 5 nitrogen and oxygen atoms in total. The van der Waals surface area contributed by atoms with Crippen molar-refractivity contribution in [3.63, 3.8) is 0 Å². The van der Waals surface area contributed by atoms with Crippen LogP contribution in [0.3, 0.4) is 0 Å². The standard InChI is InChI=1S/C22H13ClF3N3O2S/c23-12-4-3-5-13(10-12)29-21(31)14-6-1-2-7-16(14)28-22(29)32-11-18(30)27-17-9-8-15(24)19(25)20(17)26/h1-10H,11H2,(H,27,30). The first-order valence-electron chi connectivity index (χ1n) is 9.19. The molecule has 0 radical (unpaired) electrons. The van der Waals surface area contributed by atoms with Crippen LogP contribution in [-0.2, 0) is 4.79 Å². The van der Waals surface area contributed by atoms with Crippen LogP contribution >= 0.6 is 23.4 Å². The molecular formula is C22H13ClF3N3O2S. The summed E-state index contributed by atoms with van der Waals surface area (Å²) in [5.74, 6) is -5.51. The summed E-state index contributed by atoms with van der Waals surface area (Å²) in [6.45, 7) is 0. The maximum absolute atomic E-state index is 13.8. The van der Waals surface area contributed by atoms with Gasteiger partial charge in [-0.1, -0.05) is 41.6 Å². The van der Waals surface area contributed by atoms with Gasteiger partial charge in [0.25, 0.3) is 5.56 Å². The average molecular weight is 476 g/mol. The summed E-state index contributed by atoms with van der Waals surface area (Å²) in [7, 11) is 0. The summed E-state index contributed by atoms with van der Waals surface area (Å²) in [6.07, 6.45) is 0. The Morgan fingerprint density at radius 1 is 1.03 bits per heavy atom. The monoisotopic (exact) mass is 475 g/mol. The molecule has 1 N–H and O–H groups in total. The second kappa shape index (κ2) is 9.05. The summed E-state index contributed by atoms with van der Waals surface area (Å²) in [5.41, 5.74) is 0.0428. The highest BCUT2D eigenvalue weighted by Crippen LogP contribution is 2.24. The van der Waals surface area contributed by atoms with Gasteiger partial charge in [0, 0.05) is 5.02 Å². The van der Waals surface area contributed by atoms with E-state index in [1.807, 2.05) is 0 Å². The molecule has 1 aromatic heterocycles. The lowest BCUT2D eigenvalue weighted by Gasteiger charge is -2.13. The van der Waals surface area contributed by atoms with Crippen LogP contribution in [0.25, 0.3) is 16.6 Å². The number of amides is 1. The number of carbonyl (C=O) groups is 1. The number of rotatable bonds is 5. The number of hydrogen-bond donors (Lipinski definition) is 1. The summed E-state index contributed by atoms with van der Waals surface area (Å²) in [6, 6.07) is 15.0. The molecule has 0 unspecified atom stereocenters. The summed E-state index contributed by atoms with van der Waals surface area (Å²) >= 11 is 7.00. The van der Waals surface area contributed by atoms with Crippen LogP contribution in [0.4, 0.5) is 18.9 Å². The van der Waals surface area contributed by atoms with Gasteiger partial charge in [0.15, 0.2) is 22.6 Å². The zero-order valence-corrected chi connectivity index (χ0v) is 17.7. The zero-order valence-electron chi connectivity index (χ0n) is 16.1. The zero-order chi connectivity index (χ0) is 22.8. The molecule has 0 saturated heterocycles. The van der Waals surface area contributed by atoms with E-state index in [1.54, 1.807) is 48.5 Å². The van der Waals surface area contributed by atoms with E-state index < -0.39 is 29.0 Å². The van der Waals surface area contributed by atoms with Gasteiger partial charge in [-0.05, 0) is 42.5 Å². The summed E-state index contributed by atoms with van der Waals surface area (Å²) in [4.78, 5) is 30.0. The fraction of sp³-hybridized carbons (Fsp3) is 0.0455. The molecule has 0 aliphatic heterocycles. The molecule has 0 fully saturated rings. The lowest BCUT2D eigenvalue weighted by atomic mass is 10.2. The number of hydrogen-bond acceptors (Lipinski definition) is 4. The molecule has 1 amide bonds. The van der Waals surface area contributed by atoms with Crippen LogP contribution in [0.15, 0.2) is 70.6 Å². The second-order valence-electron chi connectivity index (χ2n) is 6.59. The Balaban J connectivity index is 1.67. The minimum atomic E-state index is -1.68. The molecule has 0 bridgehead atoms. The third kappa shape index (κ3) is 4.35. The maximum Gasteiger partial charge on any atom is 0.266 e. The third-order valence-corrected chi connectivity index (χ3v) is 5.63. The molecule has 3 aromatic carbocycles. The van der Waals surface area contributed by atoms with Crippen LogP contribution in [-0.4, -0.2) is 21.2 Å². The van der Waals surface area contributed by atoms with Gasteiger partial charge in [0.1, 0.15) is 0 Å². The number of fused-ring (bicyclic) bond motifs is 1. The molecule has 0 spiro atoms. The van der Waals surface area contributed by atoms with Crippen molar-refractivity contribution in [1.82, 2.24) is 9.55 Å². The number of benzene rings is 3. The lowest BCUT2D eigenvalue weighted by Crippen LogP contribution is -2.23. The van der Waals surface area contributed by atoms with Crippen molar-refractivity contribution in [2.75, 3.05) is 11.1 Å². The molecule has 0 atom stereocenters. The first-order chi connectivity index (χ1) is 15.3. The molecular weight excluding hydrogens is 463 g/mol. The maximum atomic E-state index is 13.8. The number of aromatic nitrogens is 2. The molecule has 10 heteroatoms. The first-order valence-corrected chi connectivity index (χ1v) is 10.6. The van der Waals surface area contributed by atoms with Gasteiger partial charge in [-0.2, -0.15) is 0 Å². The normalized spacial score (nSPS) is 11.0. The molecule has 4 aromatic rings. The molecule has 4 rings (SSSR count). The van der Waals surface area contributed by atoms with Gasteiger partial charge >= 0.3 is 0 Å². The molecule has 0 aliphatic carbocycles. The molecule has 0 saturated carbocycles. The SMILES string of the molecule is O=C(CSc1nc2ccccc2c(=O)n1-c1cccc(Cl)c1)Nc1ccc(F)c(F)c1F. The van der Waals surface area contributed by atoms with Crippen molar-refractivity contribution < 1.29 is 18.0 Å². The number of nitrogens with zero attached hydrogens (tertiary/aromatic N) is 2. The Morgan fingerprint density at radius 2 is 1.81 bits per heavy atom. The van der Waals surface area contributed by atoms with Gasteiger partial charge < -0.3 is 5.32 Å². The van der Waals surface area contributed by atoms with Crippen LogP contribution in [0, 0.1) is 17.5 Å². The Bertz CT molecular complexity index is 1410. The lowest BCUT2D eigenvalue weighted by molar-refractivity contribution is -0.113. The number of halogens is 4. The van der Waals surface area contributed by atoms with Gasteiger partial charge in [-0.3, -0.25) is 14.2 Å². The van der Waals surface area contributed by atoms with E-state index in [0.717, 1.165) is 17.8 Å². The average Bonchev–Trinajstić information content (AvgIpc) is 2.78. The minimum Gasteiger partial charge on any atom is -0.323 e. The predicted octanol–water partition coefficient (Wildman–Crippen LogP) is 5.19. The van der Waals surface area contributed by atoms with E-state index in [9.17, 15) is 22.8 Å². The Hall–Kier alpha value is -3.30. The van der Waals surface area contributed by atoms with E-state index in [-0.39, 0.29) is 16.5 Å². The summed E-state index contributed by atoms with van der Waals surface area (Å²) < 4.78 is 41.6. The number of carbonyl (C=O) groups excluding carboxylic acids is 1.